The molecule has 1 aromatic carbocycles. The van der Waals surface area contributed by atoms with Gasteiger partial charge in [-0.25, -0.2) is 4.39 Å². The molecule has 3 nitrogen and oxygen atoms in total. The predicted octanol–water partition coefficient (Wildman–Crippen LogP) is 5.34. The van der Waals surface area contributed by atoms with Gasteiger partial charge in [-0.1, -0.05) is 19.6 Å². The highest BCUT2D eigenvalue weighted by atomic mass is 79.9. The lowest BCUT2D eigenvalue weighted by molar-refractivity contribution is 0.0889. The molecule has 23 heavy (non-hydrogen) atoms. The Hall–Kier alpha value is -1.16. The second-order valence-corrected chi connectivity index (χ2v) is 13.5. The number of nitriles is 1. The first-order chi connectivity index (χ1) is 10.7. The third-order valence-electron chi connectivity index (χ3n) is 4.12. The average Bonchev–Trinajstić information content (AvgIpc) is 2.71. The molecule has 0 spiro atoms. The van der Waals surface area contributed by atoms with Gasteiger partial charge in [-0.2, -0.15) is 5.26 Å². The number of halogens is 2. The lowest BCUT2D eigenvalue weighted by Gasteiger charge is -2.16. The fraction of sp³-hybridized carbons (Fsp3) is 0.471. The van der Waals surface area contributed by atoms with Gasteiger partial charge >= 0.3 is 0 Å². The normalized spacial score (nSPS) is 11.9. The quantitative estimate of drug-likeness (QED) is 0.504. The molecule has 6 heteroatoms. The molecule has 0 N–H and O–H groups in total. The molecule has 2 aromatic rings. The first-order valence-electron chi connectivity index (χ1n) is 7.62. The van der Waals surface area contributed by atoms with Crippen LogP contribution in [0.1, 0.15) is 16.8 Å². The Morgan fingerprint density at radius 2 is 2.00 bits per heavy atom. The molecule has 2 rings (SSSR count). The van der Waals surface area contributed by atoms with E-state index in [0.29, 0.717) is 23.4 Å². The summed E-state index contributed by atoms with van der Waals surface area (Å²) in [5.41, 5.74) is 3.04. The van der Waals surface area contributed by atoms with Crippen molar-refractivity contribution in [3.8, 4) is 6.07 Å². The van der Waals surface area contributed by atoms with Crippen LogP contribution in [0.5, 0.6) is 0 Å². The van der Waals surface area contributed by atoms with Gasteiger partial charge in [-0.05, 0) is 47.5 Å². The fourth-order valence-corrected chi connectivity index (χ4v) is 3.93. The van der Waals surface area contributed by atoms with Crippen molar-refractivity contribution in [2.45, 2.75) is 46.3 Å². The smallest absolute Gasteiger partial charge is 0.139 e. The summed E-state index contributed by atoms with van der Waals surface area (Å²) in [4.78, 5) is 0. The lowest BCUT2D eigenvalue weighted by Crippen LogP contribution is -2.22. The minimum absolute atomic E-state index is 0.339. The highest BCUT2D eigenvalue weighted by Crippen LogP contribution is 2.35. The number of aryl methyl sites for hydroxylation is 1. The zero-order chi connectivity index (χ0) is 17.4. The summed E-state index contributed by atoms with van der Waals surface area (Å²) in [5, 5.41) is 10.1. The van der Waals surface area contributed by atoms with Crippen LogP contribution in [0.3, 0.4) is 0 Å². The van der Waals surface area contributed by atoms with Crippen molar-refractivity contribution in [3.63, 3.8) is 0 Å². The monoisotopic (exact) mass is 396 g/mol. The molecular formula is C17H22BrFN2OSi. The van der Waals surface area contributed by atoms with E-state index in [1.54, 1.807) is 0 Å². The van der Waals surface area contributed by atoms with Crippen LogP contribution in [0, 0.1) is 31.0 Å². The standard InChI is InChI=1S/C17H22BrFN2OSi/c1-11-12(2)21(10-22-6-7-23(3,4)5)17-13(9-20)8-14(19)16(18)15(11)17/h8H,6-7,10H2,1-5H3. The molecule has 0 fully saturated rings. The van der Waals surface area contributed by atoms with Crippen LogP contribution >= 0.6 is 15.9 Å². The molecule has 0 aliphatic heterocycles. The third kappa shape index (κ3) is 3.68. The zero-order valence-electron chi connectivity index (χ0n) is 14.3. The number of rotatable bonds is 5. The van der Waals surface area contributed by atoms with Crippen molar-refractivity contribution < 1.29 is 9.13 Å². The molecule has 1 aromatic heterocycles. The highest BCUT2D eigenvalue weighted by molar-refractivity contribution is 9.10. The van der Waals surface area contributed by atoms with E-state index in [4.69, 9.17) is 4.74 Å². The van der Waals surface area contributed by atoms with Crippen LogP contribution in [0.2, 0.25) is 25.7 Å². The van der Waals surface area contributed by atoms with Gasteiger partial charge in [0.05, 0.1) is 15.6 Å². The topological polar surface area (TPSA) is 38.0 Å². The SMILES string of the molecule is Cc1c(C)n(COCC[Si](C)(C)C)c2c(C#N)cc(F)c(Br)c12. The molecule has 0 bridgehead atoms. The molecule has 0 unspecified atom stereocenters. The lowest BCUT2D eigenvalue weighted by atomic mass is 10.1. The molecule has 0 saturated carbocycles. The van der Waals surface area contributed by atoms with Crippen LogP contribution in [-0.2, 0) is 11.5 Å². The van der Waals surface area contributed by atoms with E-state index in [2.05, 4.69) is 41.6 Å². The van der Waals surface area contributed by atoms with Crippen LogP contribution in [0.4, 0.5) is 4.39 Å². The number of hydrogen-bond acceptors (Lipinski definition) is 2. The predicted molar refractivity (Wildman–Crippen MR) is 97.9 cm³/mol. The summed E-state index contributed by atoms with van der Waals surface area (Å²) in [6.07, 6.45) is 0. The molecule has 0 saturated heterocycles. The fourth-order valence-electron chi connectivity index (χ4n) is 2.57. The van der Waals surface area contributed by atoms with Gasteiger partial charge in [0.1, 0.15) is 18.6 Å². The molecule has 124 valence electrons. The van der Waals surface area contributed by atoms with Crippen molar-refractivity contribution in [1.82, 2.24) is 4.57 Å². The van der Waals surface area contributed by atoms with Gasteiger partial charge in [0.25, 0.3) is 0 Å². The van der Waals surface area contributed by atoms with Crippen LogP contribution < -0.4 is 0 Å². The average molecular weight is 397 g/mol. The minimum Gasteiger partial charge on any atom is -0.361 e. The van der Waals surface area contributed by atoms with Gasteiger partial charge in [-0.15, -0.1) is 0 Å². The summed E-state index contributed by atoms with van der Waals surface area (Å²) in [5.74, 6) is -0.408. The number of hydrogen-bond donors (Lipinski definition) is 0. The molecule has 0 atom stereocenters. The molecule has 0 aliphatic carbocycles. The van der Waals surface area contributed by atoms with Gasteiger partial charge < -0.3 is 9.30 Å². The number of nitrogens with zero attached hydrogens (tertiary/aromatic N) is 2. The van der Waals surface area contributed by atoms with Crippen molar-refractivity contribution in [1.29, 1.82) is 5.26 Å². The molecule has 0 amide bonds. The second kappa shape index (κ2) is 6.76. The van der Waals surface area contributed by atoms with Gasteiger partial charge in [0, 0.05) is 25.8 Å². The van der Waals surface area contributed by atoms with Crippen LogP contribution in [0.15, 0.2) is 10.5 Å². The summed E-state index contributed by atoms with van der Waals surface area (Å²) in [6.45, 7) is 11.9. The van der Waals surface area contributed by atoms with E-state index in [1.807, 2.05) is 18.4 Å². The zero-order valence-corrected chi connectivity index (χ0v) is 16.8. The summed E-state index contributed by atoms with van der Waals surface area (Å²) < 4.78 is 22.2. The van der Waals surface area contributed by atoms with Gasteiger partial charge in [0.2, 0.25) is 0 Å². The Kier molecular flexibility index (Phi) is 5.34. The van der Waals surface area contributed by atoms with E-state index in [0.717, 1.165) is 28.2 Å². The van der Waals surface area contributed by atoms with Crippen molar-refractivity contribution >= 4 is 34.9 Å². The summed E-state index contributed by atoms with van der Waals surface area (Å²) in [7, 11) is -1.14. The maximum Gasteiger partial charge on any atom is 0.139 e. The maximum atomic E-state index is 14.0. The summed E-state index contributed by atoms with van der Waals surface area (Å²) >= 11 is 3.32. The minimum atomic E-state index is -1.14. The third-order valence-corrected chi connectivity index (χ3v) is 6.60. The first kappa shape index (κ1) is 18.2. The molecular weight excluding hydrogens is 375 g/mol. The van der Waals surface area contributed by atoms with E-state index < -0.39 is 13.9 Å². The second-order valence-electron chi connectivity index (χ2n) is 7.04. The number of benzene rings is 1. The molecule has 0 aliphatic rings. The van der Waals surface area contributed by atoms with Crippen LogP contribution in [-0.4, -0.2) is 19.2 Å². The first-order valence-corrected chi connectivity index (χ1v) is 12.1. The van der Waals surface area contributed by atoms with E-state index in [1.165, 1.54) is 6.07 Å². The van der Waals surface area contributed by atoms with Gasteiger partial charge in [0.15, 0.2) is 0 Å². The Bertz CT molecular complexity index is 787. The van der Waals surface area contributed by atoms with Crippen LogP contribution in [0.25, 0.3) is 10.9 Å². The van der Waals surface area contributed by atoms with E-state index >= 15 is 0 Å². The number of fused-ring (bicyclic) bond motifs is 1. The Labute approximate surface area is 146 Å². The number of ether oxygens (including phenoxy) is 1. The Morgan fingerprint density at radius 3 is 2.57 bits per heavy atom. The Balaban J connectivity index is 2.43. The largest absolute Gasteiger partial charge is 0.361 e. The van der Waals surface area contributed by atoms with E-state index in [-0.39, 0.29) is 0 Å². The summed E-state index contributed by atoms with van der Waals surface area (Å²) in [6, 6.07) is 4.48. The Morgan fingerprint density at radius 1 is 1.35 bits per heavy atom. The van der Waals surface area contributed by atoms with Crippen molar-refractivity contribution in [2.75, 3.05) is 6.61 Å². The maximum absolute atomic E-state index is 14.0. The van der Waals surface area contributed by atoms with E-state index in [9.17, 15) is 9.65 Å². The van der Waals surface area contributed by atoms with Gasteiger partial charge in [-0.3, -0.25) is 0 Å². The van der Waals surface area contributed by atoms with Crippen molar-refractivity contribution in [2.24, 2.45) is 0 Å². The van der Waals surface area contributed by atoms with Crippen molar-refractivity contribution in [3.05, 3.63) is 33.2 Å². The highest BCUT2D eigenvalue weighted by Gasteiger charge is 2.20. The molecule has 1 heterocycles. The molecule has 0 radical (unpaired) electrons. The number of aromatic nitrogens is 1.